The van der Waals surface area contributed by atoms with Gasteiger partial charge in [-0.25, -0.2) is 0 Å². The van der Waals surface area contributed by atoms with Crippen molar-refractivity contribution in [2.45, 2.75) is 72.1 Å². The van der Waals surface area contributed by atoms with Gasteiger partial charge in [0.25, 0.3) is 5.91 Å². The molecule has 222 valence electrons. The van der Waals surface area contributed by atoms with Gasteiger partial charge in [-0.3, -0.25) is 24.0 Å². The number of nitrogens with two attached hydrogens (primary N) is 1. The maximum absolute atomic E-state index is 13.5. The number of esters is 1. The second kappa shape index (κ2) is 16.3. The lowest BCUT2D eigenvalue weighted by atomic mass is 9.90. The summed E-state index contributed by atoms with van der Waals surface area (Å²) in [6.45, 7) is 7.56. The molecule has 0 saturated carbocycles. The van der Waals surface area contributed by atoms with E-state index in [1.165, 1.54) is 7.05 Å². The summed E-state index contributed by atoms with van der Waals surface area (Å²) in [6, 6.07) is 16.1. The minimum atomic E-state index is -1.14. The van der Waals surface area contributed by atoms with Crippen LogP contribution in [-0.4, -0.2) is 53.5 Å². The fourth-order valence-electron chi connectivity index (χ4n) is 4.54. The molecule has 0 bridgehead atoms. The van der Waals surface area contributed by atoms with Crippen molar-refractivity contribution < 1.29 is 28.7 Å². The molecule has 2 aromatic carbocycles. The largest absolute Gasteiger partial charge is 0.461 e. The highest BCUT2D eigenvalue weighted by Crippen LogP contribution is 2.20. The Kier molecular flexibility index (Phi) is 13.2. The van der Waals surface area contributed by atoms with Gasteiger partial charge in [-0.15, -0.1) is 0 Å². The SMILES string of the molecule is CCC(C)C(NC(=O)C(CC(=O)OCc1ccccc1)CC(C)C)C(=O)C(=O)N(C)C(Cc1ccccc1)C(N)=O. The molecular formula is C32H43N3O6. The molecule has 0 heterocycles. The van der Waals surface area contributed by atoms with Crippen LogP contribution < -0.4 is 11.1 Å². The van der Waals surface area contributed by atoms with Gasteiger partial charge >= 0.3 is 5.97 Å². The molecule has 9 nitrogen and oxygen atoms in total. The van der Waals surface area contributed by atoms with Gasteiger partial charge in [0, 0.05) is 19.4 Å². The molecule has 0 aliphatic rings. The molecule has 0 aliphatic carbocycles. The zero-order valence-corrected chi connectivity index (χ0v) is 24.7. The molecule has 0 saturated heterocycles. The molecule has 4 atom stereocenters. The lowest BCUT2D eigenvalue weighted by Gasteiger charge is -2.30. The van der Waals surface area contributed by atoms with Crippen molar-refractivity contribution in [3.05, 3.63) is 71.8 Å². The number of nitrogens with zero attached hydrogens (tertiary/aromatic N) is 1. The zero-order chi connectivity index (χ0) is 30.5. The highest BCUT2D eigenvalue weighted by atomic mass is 16.5. The first-order chi connectivity index (χ1) is 19.4. The molecule has 3 N–H and O–H groups in total. The van der Waals surface area contributed by atoms with E-state index in [1.54, 1.807) is 31.2 Å². The number of carbonyl (C=O) groups excluding carboxylic acids is 5. The molecular weight excluding hydrogens is 522 g/mol. The van der Waals surface area contributed by atoms with E-state index in [1.807, 2.05) is 57.2 Å². The zero-order valence-electron chi connectivity index (χ0n) is 24.7. The molecule has 3 amide bonds. The normalized spacial score (nSPS) is 13.9. The number of likely N-dealkylation sites (N-methyl/N-ethyl adjacent to an activating group) is 1. The Bertz CT molecular complexity index is 1170. The van der Waals surface area contributed by atoms with Gasteiger partial charge in [-0.05, 0) is 29.4 Å². The van der Waals surface area contributed by atoms with Crippen LogP contribution in [0, 0.1) is 17.8 Å². The molecule has 2 aromatic rings. The van der Waals surface area contributed by atoms with E-state index in [-0.39, 0.29) is 31.3 Å². The third-order valence-electron chi connectivity index (χ3n) is 7.17. The maximum Gasteiger partial charge on any atom is 0.306 e. The van der Waals surface area contributed by atoms with Gasteiger partial charge in [0.05, 0.1) is 12.5 Å². The fourth-order valence-corrected chi connectivity index (χ4v) is 4.54. The number of amides is 3. The van der Waals surface area contributed by atoms with Gasteiger partial charge < -0.3 is 20.7 Å². The standard InChI is InChI=1S/C32H43N3O6/c1-6-22(4)28(29(37)32(40)35(5)26(30(33)38)18-23-13-9-7-10-14-23)34-31(39)25(17-21(2)3)19-27(36)41-20-24-15-11-8-12-16-24/h7-16,21-22,25-26,28H,6,17-20H2,1-5H3,(H2,33,38)(H,34,39). The van der Waals surface area contributed by atoms with Crippen molar-refractivity contribution in [3.8, 4) is 0 Å². The van der Waals surface area contributed by atoms with Crippen LogP contribution in [0.5, 0.6) is 0 Å². The third-order valence-corrected chi connectivity index (χ3v) is 7.17. The number of hydrogen-bond acceptors (Lipinski definition) is 6. The van der Waals surface area contributed by atoms with Crippen molar-refractivity contribution in [3.63, 3.8) is 0 Å². The van der Waals surface area contributed by atoms with Crippen LogP contribution in [0.1, 0.15) is 58.1 Å². The predicted octanol–water partition coefficient (Wildman–Crippen LogP) is 3.44. The lowest BCUT2D eigenvalue weighted by Crippen LogP contribution is -2.56. The molecule has 0 aromatic heterocycles. The Morgan fingerprint density at radius 1 is 0.902 bits per heavy atom. The Morgan fingerprint density at radius 2 is 1.46 bits per heavy atom. The van der Waals surface area contributed by atoms with E-state index in [0.29, 0.717) is 12.8 Å². The van der Waals surface area contributed by atoms with Crippen LogP contribution in [0.4, 0.5) is 0 Å². The number of carbonyl (C=O) groups is 5. The summed E-state index contributed by atoms with van der Waals surface area (Å²) >= 11 is 0. The number of rotatable bonds is 16. The minimum Gasteiger partial charge on any atom is -0.461 e. The second-order valence-electron chi connectivity index (χ2n) is 10.9. The maximum atomic E-state index is 13.5. The second-order valence-corrected chi connectivity index (χ2v) is 10.9. The Balaban J connectivity index is 2.16. The first-order valence-corrected chi connectivity index (χ1v) is 14.1. The average molecular weight is 566 g/mol. The van der Waals surface area contributed by atoms with Crippen LogP contribution in [0.3, 0.4) is 0 Å². The van der Waals surface area contributed by atoms with E-state index in [4.69, 9.17) is 10.5 Å². The lowest BCUT2D eigenvalue weighted by molar-refractivity contribution is -0.150. The van der Waals surface area contributed by atoms with Crippen molar-refractivity contribution in [1.82, 2.24) is 10.2 Å². The summed E-state index contributed by atoms with van der Waals surface area (Å²) in [4.78, 5) is 66.2. The van der Waals surface area contributed by atoms with Crippen LogP contribution in [0.25, 0.3) is 0 Å². The summed E-state index contributed by atoms with van der Waals surface area (Å²) in [5, 5.41) is 2.75. The smallest absolute Gasteiger partial charge is 0.306 e. The monoisotopic (exact) mass is 565 g/mol. The van der Waals surface area contributed by atoms with Gasteiger partial charge in [-0.2, -0.15) is 0 Å². The minimum absolute atomic E-state index is 0.0903. The summed E-state index contributed by atoms with van der Waals surface area (Å²) in [5.74, 6) is -4.57. The van der Waals surface area contributed by atoms with E-state index in [2.05, 4.69) is 5.32 Å². The van der Waals surface area contributed by atoms with Crippen LogP contribution in [0.15, 0.2) is 60.7 Å². The number of nitrogens with one attached hydrogen (secondary N) is 1. The molecule has 41 heavy (non-hydrogen) atoms. The van der Waals surface area contributed by atoms with Gasteiger partial charge in [0.2, 0.25) is 17.6 Å². The summed E-state index contributed by atoms with van der Waals surface area (Å²) in [6.07, 6.45) is 0.883. The quantitative estimate of drug-likeness (QED) is 0.236. The Labute approximate surface area is 242 Å². The first-order valence-electron chi connectivity index (χ1n) is 14.1. The molecule has 0 aliphatic heterocycles. The van der Waals surface area contributed by atoms with Gasteiger partial charge in [0.1, 0.15) is 12.6 Å². The highest BCUT2D eigenvalue weighted by Gasteiger charge is 2.37. The van der Waals surface area contributed by atoms with Crippen molar-refractivity contribution in [2.75, 3.05) is 7.05 Å². The van der Waals surface area contributed by atoms with E-state index < -0.39 is 47.5 Å². The summed E-state index contributed by atoms with van der Waals surface area (Å²) < 4.78 is 5.39. The van der Waals surface area contributed by atoms with Crippen molar-refractivity contribution >= 4 is 29.5 Å². The molecule has 2 rings (SSSR count). The third kappa shape index (κ3) is 10.5. The van der Waals surface area contributed by atoms with Crippen molar-refractivity contribution in [1.29, 1.82) is 0 Å². The van der Waals surface area contributed by atoms with E-state index in [0.717, 1.165) is 16.0 Å². The van der Waals surface area contributed by atoms with Crippen LogP contribution in [-0.2, 0) is 41.7 Å². The van der Waals surface area contributed by atoms with Gasteiger partial charge in [-0.1, -0.05) is 94.8 Å². The average Bonchev–Trinajstić information content (AvgIpc) is 2.96. The highest BCUT2D eigenvalue weighted by molar-refractivity contribution is 6.38. The summed E-state index contributed by atoms with van der Waals surface area (Å²) in [7, 11) is 1.36. The number of ether oxygens (including phenoxy) is 1. The van der Waals surface area contributed by atoms with Crippen LogP contribution in [0.2, 0.25) is 0 Å². The van der Waals surface area contributed by atoms with Crippen molar-refractivity contribution in [2.24, 2.45) is 23.5 Å². The number of primary amides is 1. The number of benzene rings is 2. The predicted molar refractivity (Wildman–Crippen MR) is 156 cm³/mol. The molecule has 0 spiro atoms. The number of ketones is 1. The number of hydrogen-bond donors (Lipinski definition) is 2. The Morgan fingerprint density at radius 3 is 1.98 bits per heavy atom. The van der Waals surface area contributed by atoms with E-state index in [9.17, 15) is 24.0 Å². The van der Waals surface area contributed by atoms with E-state index >= 15 is 0 Å². The summed E-state index contributed by atoms with van der Waals surface area (Å²) in [5.41, 5.74) is 7.22. The molecule has 4 unspecified atom stereocenters. The molecule has 0 fully saturated rings. The number of Topliss-reactive ketones (excluding diaryl/α,β-unsaturated/α-hetero) is 1. The topological polar surface area (TPSA) is 136 Å². The van der Waals surface area contributed by atoms with Gasteiger partial charge in [0.15, 0.2) is 0 Å². The Hall–Kier alpha value is -4.01. The first kappa shape index (κ1) is 33.2. The molecule has 9 heteroatoms. The fraction of sp³-hybridized carbons (Fsp3) is 0.469. The van der Waals surface area contributed by atoms with Crippen LogP contribution >= 0.6 is 0 Å². The molecule has 0 radical (unpaired) electrons.